The zero-order chi connectivity index (χ0) is 21.7. The van der Waals surface area contributed by atoms with Crippen molar-refractivity contribution in [1.29, 1.82) is 0 Å². The maximum Gasteiger partial charge on any atom is 0.261 e. The van der Waals surface area contributed by atoms with Gasteiger partial charge >= 0.3 is 0 Å². The maximum absolute atomic E-state index is 12.7. The minimum Gasteiger partial charge on any atom is -0.378 e. The molecule has 0 spiro atoms. The molecule has 0 saturated carbocycles. The number of nitrogens with one attached hydrogen (secondary N) is 2. The van der Waals surface area contributed by atoms with Crippen LogP contribution in [0.15, 0.2) is 77.7 Å². The van der Waals surface area contributed by atoms with Crippen molar-refractivity contribution in [2.45, 2.75) is 18.4 Å². The number of hydrogen-bond donors (Lipinski definition) is 2. The Morgan fingerprint density at radius 3 is 2.30 bits per heavy atom. The lowest BCUT2D eigenvalue weighted by Crippen LogP contribution is -2.23. The summed E-state index contributed by atoms with van der Waals surface area (Å²) >= 11 is 0. The Morgan fingerprint density at radius 1 is 0.933 bits per heavy atom. The number of hydrogen-bond acceptors (Lipinski definition) is 4. The average molecular weight is 424 g/mol. The summed E-state index contributed by atoms with van der Waals surface area (Å²) in [6.07, 6.45) is 0. The number of aryl methyl sites for hydroxylation is 1. The summed E-state index contributed by atoms with van der Waals surface area (Å²) in [7, 11) is 0.122. The van der Waals surface area contributed by atoms with Gasteiger partial charge in [-0.05, 0) is 54.4 Å². The molecule has 6 nitrogen and oxygen atoms in total. The largest absolute Gasteiger partial charge is 0.378 e. The fourth-order valence-corrected chi connectivity index (χ4v) is 4.07. The molecular weight excluding hydrogens is 398 g/mol. The van der Waals surface area contributed by atoms with E-state index in [1.54, 1.807) is 24.3 Å². The monoisotopic (exact) mass is 423 g/mol. The van der Waals surface area contributed by atoms with E-state index in [1.807, 2.05) is 62.3 Å². The highest BCUT2D eigenvalue weighted by Crippen LogP contribution is 2.20. The predicted octanol–water partition coefficient (Wildman–Crippen LogP) is 3.79. The number of sulfonamides is 1. The Bertz CT molecular complexity index is 1140. The summed E-state index contributed by atoms with van der Waals surface area (Å²) < 4.78 is 28.1. The molecule has 3 aromatic carbocycles. The second-order valence-electron chi connectivity index (χ2n) is 7.19. The third kappa shape index (κ3) is 5.18. The van der Waals surface area contributed by atoms with Gasteiger partial charge in [-0.2, -0.15) is 0 Å². The highest BCUT2D eigenvalue weighted by Gasteiger charge is 2.17. The first-order valence-electron chi connectivity index (χ1n) is 9.49. The number of carbonyl (C=O) groups is 1. The van der Waals surface area contributed by atoms with E-state index in [1.165, 1.54) is 12.1 Å². The number of amides is 1. The van der Waals surface area contributed by atoms with E-state index >= 15 is 0 Å². The third-order valence-corrected chi connectivity index (χ3v) is 6.06. The van der Waals surface area contributed by atoms with Crippen LogP contribution in [-0.2, 0) is 16.6 Å². The summed E-state index contributed by atoms with van der Waals surface area (Å²) in [5.74, 6) is -0.334. The molecule has 0 radical (unpaired) electrons. The van der Waals surface area contributed by atoms with Crippen molar-refractivity contribution in [2.24, 2.45) is 0 Å². The predicted molar refractivity (Wildman–Crippen MR) is 120 cm³/mol. The fraction of sp³-hybridized carbons (Fsp3) is 0.174. The van der Waals surface area contributed by atoms with Crippen LogP contribution in [0.25, 0.3) is 0 Å². The van der Waals surface area contributed by atoms with Crippen LogP contribution >= 0.6 is 0 Å². The molecule has 0 aliphatic rings. The van der Waals surface area contributed by atoms with E-state index in [0.717, 1.165) is 16.8 Å². The van der Waals surface area contributed by atoms with Crippen LogP contribution in [-0.4, -0.2) is 28.4 Å². The minimum absolute atomic E-state index is 0.0359. The summed E-state index contributed by atoms with van der Waals surface area (Å²) in [4.78, 5) is 14.6. The van der Waals surface area contributed by atoms with Crippen molar-refractivity contribution >= 4 is 27.3 Å². The first-order valence-corrected chi connectivity index (χ1v) is 11.0. The molecular formula is C23H25N3O3S. The Labute approximate surface area is 177 Å². The maximum atomic E-state index is 12.7. The van der Waals surface area contributed by atoms with Crippen molar-refractivity contribution in [1.82, 2.24) is 5.32 Å². The lowest BCUT2D eigenvalue weighted by atomic mass is 10.1. The van der Waals surface area contributed by atoms with Gasteiger partial charge < -0.3 is 10.2 Å². The van der Waals surface area contributed by atoms with E-state index in [-0.39, 0.29) is 16.4 Å². The van der Waals surface area contributed by atoms with Crippen molar-refractivity contribution in [3.63, 3.8) is 0 Å². The van der Waals surface area contributed by atoms with Gasteiger partial charge in [0.2, 0.25) is 0 Å². The molecule has 0 heterocycles. The Hall–Kier alpha value is -3.32. The van der Waals surface area contributed by atoms with Crippen LogP contribution in [0, 0.1) is 6.92 Å². The van der Waals surface area contributed by atoms with Gasteiger partial charge in [-0.25, -0.2) is 8.42 Å². The van der Waals surface area contributed by atoms with Gasteiger partial charge in [0, 0.05) is 31.9 Å². The number of anilines is 2. The number of rotatable bonds is 7. The van der Waals surface area contributed by atoms with E-state index in [0.29, 0.717) is 12.2 Å². The molecule has 0 unspecified atom stereocenters. The Balaban J connectivity index is 1.71. The van der Waals surface area contributed by atoms with Gasteiger partial charge in [-0.3, -0.25) is 9.52 Å². The summed E-state index contributed by atoms with van der Waals surface area (Å²) in [5.41, 5.74) is 3.64. The molecule has 0 aromatic heterocycles. The zero-order valence-electron chi connectivity index (χ0n) is 17.2. The van der Waals surface area contributed by atoms with Crippen molar-refractivity contribution < 1.29 is 13.2 Å². The van der Waals surface area contributed by atoms with Crippen LogP contribution < -0.4 is 14.9 Å². The van der Waals surface area contributed by atoms with Gasteiger partial charge in [0.25, 0.3) is 15.9 Å². The van der Waals surface area contributed by atoms with Crippen LogP contribution in [0.4, 0.5) is 11.4 Å². The van der Waals surface area contributed by atoms with Crippen molar-refractivity contribution in [3.05, 3.63) is 89.5 Å². The van der Waals surface area contributed by atoms with Crippen LogP contribution in [0.5, 0.6) is 0 Å². The Morgan fingerprint density at radius 2 is 1.63 bits per heavy atom. The normalized spacial score (nSPS) is 11.0. The molecule has 2 N–H and O–H groups in total. The number of carbonyl (C=O) groups excluding carboxylic acids is 1. The average Bonchev–Trinajstić information content (AvgIpc) is 2.74. The minimum atomic E-state index is -3.81. The summed E-state index contributed by atoms with van der Waals surface area (Å²) in [6, 6.07) is 21.0. The van der Waals surface area contributed by atoms with Gasteiger partial charge in [-0.1, -0.05) is 36.4 Å². The van der Waals surface area contributed by atoms with Crippen LogP contribution in [0.3, 0.4) is 0 Å². The van der Waals surface area contributed by atoms with E-state index in [9.17, 15) is 13.2 Å². The second-order valence-corrected chi connectivity index (χ2v) is 8.87. The van der Waals surface area contributed by atoms with Gasteiger partial charge in [-0.15, -0.1) is 0 Å². The molecule has 156 valence electrons. The number of nitrogens with zero attached hydrogens (tertiary/aromatic N) is 1. The second kappa shape index (κ2) is 9.00. The molecule has 3 aromatic rings. The highest BCUT2D eigenvalue weighted by molar-refractivity contribution is 7.92. The fourth-order valence-electron chi connectivity index (χ4n) is 2.89. The molecule has 0 aliphatic carbocycles. The molecule has 30 heavy (non-hydrogen) atoms. The van der Waals surface area contributed by atoms with E-state index in [4.69, 9.17) is 0 Å². The molecule has 3 rings (SSSR count). The molecule has 0 saturated heterocycles. The highest BCUT2D eigenvalue weighted by atomic mass is 32.2. The van der Waals surface area contributed by atoms with Crippen LogP contribution in [0.2, 0.25) is 0 Å². The van der Waals surface area contributed by atoms with Gasteiger partial charge in [0.05, 0.1) is 10.6 Å². The van der Waals surface area contributed by atoms with Gasteiger partial charge in [0.15, 0.2) is 0 Å². The SMILES string of the molecule is Cc1ccccc1NS(=O)(=O)c1cccc(C(=O)NCc2ccc(N(C)C)cc2)c1. The van der Waals surface area contributed by atoms with Crippen molar-refractivity contribution in [3.8, 4) is 0 Å². The molecule has 0 bridgehead atoms. The molecule has 0 aliphatic heterocycles. The van der Waals surface area contributed by atoms with Gasteiger partial charge in [0.1, 0.15) is 0 Å². The van der Waals surface area contributed by atoms with E-state index < -0.39 is 10.0 Å². The molecule has 0 fully saturated rings. The Kier molecular flexibility index (Phi) is 6.42. The first-order chi connectivity index (χ1) is 14.3. The molecule has 7 heteroatoms. The first kappa shape index (κ1) is 21.4. The number of benzene rings is 3. The molecule has 0 atom stereocenters. The standard InChI is InChI=1S/C23H25N3O3S/c1-17-7-4-5-10-22(17)25-30(28,29)21-9-6-8-19(15-21)23(27)24-16-18-11-13-20(14-12-18)26(2)3/h4-15,25H,16H2,1-3H3,(H,24,27). The topological polar surface area (TPSA) is 78.5 Å². The number of para-hydroxylation sites is 1. The van der Waals surface area contributed by atoms with Crippen LogP contribution in [0.1, 0.15) is 21.5 Å². The van der Waals surface area contributed by atoms with Crippen molar-refractivity contribution in [2.75, 3.05) is 23.7 Å². The van der Waals surface area contributed by atoms with E-state index in [2.05, 4.69) is 10.0 Å². The zero-order valence-corrected chi connectivity index (χ0v) is 18.0. The lowest BCUT2D eigenvalue weighted by Gasteiger charge is -2.13. The molecule has 1 amide bonds. The quantitative estimate of drug-likeness (QED) is 0.606. The third-order valence-electron chi connectivity index (χ3n) is 4.70. The summed E-state index contributed by atoms with van der Waals surface area (Å²) in [5, 5.41) is 2.83. The lowest BCUT2D eigenvalue weighted by molar-refractivity contribution is 0.0950. The smallest absolute Gasteiger partial charge is 0.261 e. The summed E-state index contributed by atoms with van der Waals surface area (Å²) in [6.45, 7) is 2.18.